The van der Waals surface area contributed by atoms with Gasteiger partial charge in [-0.1, -0.05) is 45.4 Å². The van der Waals surface area contributed by atoms with E-state index in [2.05, 4.69) is 50.7 Å². The minimum atomic E-state index is -0.416. The third kappa shape index (κ3) is 22.8. The number of carbonyl (C=O) groups excluding carboxylic acids is 2. The third-order valence-corrected chi connectivity index (χ3v) is 5.91. The van der Waals surface area contributed by atoms with E-state index in [0.717, 1.165) is 30.7 Å². The number of unbranched alkanes of at least 4 members (excludes halogenated alkanes) is 2. The van der Waals surface area contributed by atoms with Crippen molar-refractivity contribution in [3.8, 4) is 5.75 Å². The van der Waals surface area contributed by atoms with Crippen molar-refractivity contribution >= 4 is 23.6 Å². The first kappa shape index (κ1) is 40.2. The summed E-state index contributed by atoms with van der Waals surface area (Å²) in [6.07, 6.45) is 10.6. The highest BCUT2D eigenvalue weighted by Crippen LogP contribution is 2.25. The third-order valence-electron chi connectivity index (χ3n) is 5.05. The van der Waals surface area contributed by atoms with Crippen LogP contribution in [0.2, 0.25) is 0 Å². The summed E-state index contributed by atoms with van der Waals surface area (Å²) in [5.74, 6) is 1.40. The van der Waals surface area contributed by atoms with E-state index < -0.39 is 5.91 Å². The van der Waals surface area contributed by atoms with Gasteiger partial charge in [-0.2, -0.15) is 11.8 Å². The summed E-state index contributed by atoms with van der Waals surface area (Å²) in [6.45, 7) is 16.3. The highest BCUT2D eigenvalue weighted by atomic mass is 32.2. The van der Waals surface area contributed by atoms with Crippen LogP contribution in [0, 0.1) is 18.7 Å². The molecule has 0 radical (unpaired) electrons. The number of rotatable bonds is 15. The predicted octanol–water partition coefficient (Wildman–Crippen LogP) is 6.34. The number of benzene rings is 1. The largest absolute Gasteiger partial charge is 0.489 e. The molecule has 220 valence electrons. The summed E-state index contributed by atoms with van der Waals surface area (Å²) in [7, 11) is 1.62. The Labute approximate surface area is 236 Å². The molecule has 0 bridgehead atoms. The van der Waals surface area contributed by atoms with Crippen LogP contribution in [-0.2, 0) is 16.0 Å². The SMILES string of the molecule is C/C=C\C(C)CSC.C=C.CC.CNC(=O)CCCCCc1cc(C)cc(OCC(N)CCC(N)=O)c1F. The molecule has 8 heteroatoms. The topological polar surface area (TPSA) is 107 Å². The van der Waals surface area contributed by atoms with E-state index in [1.807, 2.05) is 38.6 Å². The van der Waals surface area contributed by atoms with Crippen molar-refractivity contribution in [1.82, 2.24) is 5.32 Å². The number of amides is 2. The smallest absolute Gasteiger partial charge is 0.219 e. The van der Waals surface area contributed by atoms with E-state index >= 15 is 0 Å². The molecule has 0 saturated carbocycles. The molecule has 0 aromatic heterocycles. The maximum Gasteiger partial charge on any atom is 0.219 e. The minimum absolute atomic E-state index is 0.0232. The van der Waals surface area contributed by atoms with Crippen molar-refractivity contribution in [1.29, 1.82) is 0 Å². The second-order valence-electron chi connectivity index (χ2n) is 8.50. The normalized spacial score (nSPS) is 11.5. The Kier molecular flexibility index (Phi) is 29.3. The van der Waals surface area contributed by atoms with Crippen LogP contribution in [0.5, 0.6) is 5.75 Å². The van der Waals surface area contributed by atoms with Crippen LogP contribution >= 0.6 is 11.8 Å². The van der Waals surface area contributed by atoms with Crippen molar-refractivity contribution < 1.29 is 18.7 Å². The van der Waals surface area contributed by atoms with Crippen molar-refractivity contribution in [2.75, 3.05) is 25.7 Å². The number of halogens is 1. The highest BCUT2D eigenvalue weighted by molar-refractivity contribution is 7.98. The van der Waals surface area contributed by atoms with Gasteiger partial charge in [0.1, 0.15) is 6.61 Å². The second-order valence-corrected chi connectivity index (χ2v) is 9.42. The Morgan fingerprint density at radius 3 is 2.34 bits per heavy atom. The molecule has 6 nitrogen and oxygen atoms in total. The quantitative estimate of drug-likeness (QED) is 0.173. The Hall–Kier alpha value is -2.32. The highest BCUT2D eigenvalue weighted by Gasteiger charge is 2.13. The standard InChI is InChI=1S/C19H30FN3O3.C7H14S.C2H6.C2H4/c1-13-10-14(6-4-3-5-7-18(25)23-2)19(20)16(11-13)26-12-15(21)8-9-17(22)24;1-4-5-7(2)6-8-3;2*1-2/h10-11,15H,3-9,12,21H2,1-2H3,(H2,22,24)(H,23,25);4-5,7H,6H2,1-3H3;1-2H3;1-2H2/b;5-4-;;. The summed E-state index contributed by atoms with van der Waals surface area (Å²) in [4.78, 5) is 21.9. The van der Waals surface area contributed by atoms with Gasteiger partial charge in [0.05, 0.1) is 0 Å². The van der Waals surface area contributed by atoms with E-state index in [0.29, 0.717) is 24.8 Å². The number of thioether (sulfide) groups is 1. The van der Waals surface area contributed by atoms with Gasteiger partial charge in [-0.05, 0) is 74.7 Å². The van der Waals surface area contributed by atoms with Crippen LogP contribution in [0.25, 0.3) is 0 Å². The lowest BCUT2D eigenvalue weighted by atomic mass is 10.0. The van der Waals surface area contributed by atoms with Crippen LogP contribution in [0.1, 0.15) is 77.3 Å². The minimum Gasteiger partial charge on any atom is -0.489 e. The first-order valence-corrected chi connectivity index (χ1v) is 14.8. The van der Waals surface area contributed by atoms with Gasteiger partial charge in [-0.15, -0.1) is 13.2 Å². The monoisotopic (exact) mass is 555 g/mol. The first-order valence-electron chi connectivity index (χ1n) is 13.4. The van der Waals surface area contributed by atoms with Crippen molar-refractivity contribution in [3.63, 3.8) is 0 Å². The van der Waals surface area contributed by atoms with Crippen LogP contribution < -0.4 is 21.5 Å². The van der Waals surface area contributed by atoms with Gasteiger partial charge in [0.15, 0.2) is 11.6 Å². The molecule has 0 aliphatic rings. The van der Waals surface area contributed by atoms with Crippen molar-refractivity contribution in [3.05, 3.63) is 54.4 Å². The zero-order valence-corrected chi connectivity index (χ0v) is 25.7. The molecule has 2 atom stereocenters. The number of allylic oxidation sites excluding steroid dienone is 2. The maximum absolute atomic E-state index is 14.6. The zero-order valence-electron chi connectivity index (χ0n) is 24.9. The van der Waals surface area contributed by atoms with E-state index in [1.165, 1.54) is 5.75 Å². The van der Waals surface area contributed by atoms with Gasteiger partial charge in [0.2, 0.25) is 11.8 Å². The van der Waals surface area contributed by atoms with E-state index in [9.17, 15) is 14.0 Å². The number of nitrogens with two attached hydrogens (primary N) is 2. The summed E-state index contributed by atoms with van der Waals surface area (Å²) in [5.41, 5.74) is 12.5. The molecular weight excluding hydrogens is 501 g/mol. The fourth-order valence-electron chi connectivity index (χ4n) is 3.25. The molecule has 5 N–H and O–H groups in total. The molecule has 0 aliphatic carbocycles. The number of hydrogen-bond donors (Lipinski definition) is 3. The van der Waals surface area contributed by atoms with Crippen molar-refractivity contribution in [2.45, 2.75) is 85.6 Å². The van der Waals surface area contributed by atoms with Gasteiger partial charge in [0.25, 0.3) is 0 Å². The number of hydrogen-bond acceptors (Lipinski definition) is 5. The average molecular weight is 556 g/mol. The summed E-state index contributed by atoms with van der Waals surface area (Å²) in [6, 6.07) is 3.08. The number of ether oxygens (including phenoxy) is 1. The number of carbonyl (C=O) groups is 2. The lowest BCUT2D eigenvalue weighted by Crippen LogP contribution is -2.29. The fourth-order valence-corrected chi connectivity index (χ4v) is 3.89. The summed E-state index contributed by atoms with van der Waals surface area (Å²) in [5, 5.41) is 2.58. The average Bonchev–Trinajstić information content (AvgIpc) is 2.90. The molecule has 2 amide bonds. The van der Waals surface area contributed by atoms with Gasteiger partial charge in [0, 0.05) is 25.9 Å². The van der Waals surface area contributed by atoms with Crippen molar-refractivity contribution in [2.24, 2.45) is 17.4 Å². The van der Waals surface area contributed by atoms with Crippen LogP contribution in [0.3, 0.4) is 0 Å². The molecule has 0 fully saturated rings. The molecular formula is C30H54FN3O3S. The fraction of sp³-hybridized carbons (Fsp3) is 0.600. The van der Waals surface area contributed by atoms with Crippen LogP contribution in [-0.4, -0.2) is 43.5 Å². The van der Waals surface area contributed by atoms with E-state index in [1.54, 1.807) is 13.1 Å². The molecule has 1 aromatic carbocycles. The molecule has 2 unspecified atom stereocenters. The second kappa shape index (κ2) is 27.7. The summed E-state index contributed by atoms with van der Waals surface area (Å²) < 4.78 is 20.1. The number of aryl methyl sites for hydroxylation is 2. The Morgan fingerprint density at radius 2 is 1.82 bits per heavy atom. The van der Waals surface area contributed by atoms with E-state index in [-0.39, 0.29) is 36.5 Å². The lowest BCUT2D eigenvalue weighted by Gasteiger charge is -2.15. The molecule has 0 spiro atoms. The number of nitrogens with one attached hydrogen (secondary N) is 1. The Bertz CT molecular complexity index is 775. The van der Waals surface area contributed by atoms with Crippen LogP contribution in [0.4, 0.5) is 4.39 Å². The zero-order chi connectivity index (χ0) is 29.9. The van der Waals surface area contributed by atoms with Gasteiger partial charge in [-0.3, -0.25) is 9.59 Å². The maximum atomic E-state index is 14.6. The lowest BCUT2D eigenvalue weighted by molar-refractivity contribution is -0.120. The Balaban J connectivity index is -0.000000859. The van der Waals surface area contributed by atoms with Gasteiger partial charge in [-0.25, -0.2) is 4.39 Å². The van der Waals surface area contributed by atoms with Gasteiger partial charge < -0.3 is 21.5 Å². The first-order chi connectivity index (χ1) is 18.1. The molecule has 0 saturated heterocycles. The predicted molar refractivity (Wildman–Crippen MR) is 164 cm³/mol. The summed E-state index contributed by atoms with van der Waals surface area (Å²) >= 11 is 1.90. The molecule has 0 aliphatic heterocycles. The molecule has 1 rings (SSSR count). The van der Waals surface area contributed by atoms with Gasteiger partial charge >= 0.3 is 0 Å². The Morgan fingerprint density at radius 1 is 1.18 bits per heavy atom. The molecule has 0 heterocycles. The van der Waals surface area contributed by atoms with E-state index in [4.69, 9.17) is 16.2 Å². The molecule has 1 aromatic rings. The molecule has 38 heavy (non-hydrogen) atoms. The van der Waals surface area contributed by atoms with Crippen LogP contribution in [0.15, 0.2) is 37.4 Å². The number of primary amides is 1.